The van der Waals surface area contributed by atoms with E-state index in [1.165, 1.54) is 10.6 Å². The fourth-order valence-corrected chi connectivity index (χ4v) is 5.14. The zero-order valence-electron chi connectivity index (χ0n) is 13.3. The van der Waals surface area contributed by atoms with Gasteiger partial charge in [-0.2, -0.15) is 0 Å². The number of ether oxygens (including phenoxy) is 2. The Bertz CT molecular complexity index is 695. The van der Waals surface area contributed by atoms with Gasteiger partial charge in [0.15, 0.2) is 0 Å². The SMILES string of the molecule is COc1cccc(OC)c1P(c1ccccc1)c1ccccc1. The van der Waals surface area contributed by atoms with E-state index in [0.29, 0.717) is 0 Å². The Morgan fingerprint density at radius 3 is 1.39 bits per heavy atom. The number of hydrogen-bond donors (Lipinski definition) is 0. The van der Waals surface area contributed by atoms with E-state index in [-0.39, 0.29) is 0 Å². The van der Waals surface area contributed by atoms with Crippen LogP contribution in [0.3, 0.4) is 0 Å². The van der Waals surface area contributed by atoms with Crippen molar-refractivity contribution in [1.82, 2.24) is 0 Å². The highest BCUT2D eigenvalue weighted by Crippen LogP contribution is 2.40. The lowest BCUT2D eigenvalue weighted by Gasteiger charge is -2.23. The molecule has 3 aromatic carbocycles. The Labute approximate surface area is 138 Å². The Balaban J connectivity index is 2.25. The number of rotatable bonds is 5. The fraction of sp³-hybridized carbons (Fsp3) is 0.100. The molecule has 2 nitrogen and oxygen atoms in total. The van der Waals surface area contributed by atoms with Gasteiger partial charge in [-0.25, -0.2) is 0 Å². The van der Waals surface area contributed by atoms with Gasteiger partial charge in [-0.15, -0.1) is 0 Å². The predicted molar refractivity (Wildman–Crippen MR) is 98.3 cm³/mol. The molecule has 0 spiro atoms. The average molecular weight is 322 g/mol. The summed E-state index contributed by atoms with van der Waals surface area (Å²) < 4.78 is 11.3. The molecule has 3 aromatic rings. The van der Waals surface area contributed by atoms with Crippen LogP contribution in [-0.4, -0.2) is 14.2 Å². The third kappa shape index (κ3) is 3.23. The summed E-state index contributed by atoms with van der Waals surface area (Å²) in [5.41, 5.74) is 0. The number of hydrogen-bond acceptors (Lipinski definition) is 2. The van der Waals surface area contributed by atoms with E-state index in [1.54, 1.807) is 14.2 Å². The van der Waals surface area contributed by atoms with Crippen LogP contribution in [0.4, 0.5) is 0 Å². The van der Waals surface area contributed by atoms with Gasteiger partial charge in [-0.1, -0.05) is 66.7 Å². The molecule has 0 aliphatic carbocycles. The van der Waals surface area contributed by atoms with Crippen molar-refractivity contribution in [3.05, 3.63) is 78.9 Å². The summed E-state index contributed by atoms with van der Waals surface area (Å²) >= 11 is 0. The second-order valence-corrected chi connectivity index (χ2v) is 7.17. The van der Waals surface area contributed by atoms with Crippen LogP contribution in [0.25, 0.3) is 0 Å². The molecule has 0 heterocycles. The maximum Gasteiger partial charge on any atom is 0.130 e. The first-order chi connectivity index (χ1) is 11.3. The van der Waals surface area contributed by atoms with Crippen LogP contribution in [0, 0.1) is 0 Å². The lowest BCUT2D eigenvalue weighted by atomic mass is 10.3. The van der Waals surface area contributed by atoms with Crippen LogP contribution < -0.4 is 25.4 Å². The van der Waals surface area contributed by atoms with E-state index in [4.69, 9.17) is 9.47 Å². The highest BCUT2D eigenvalue weighted by molar-refractivity contribution is 7.80. The molecule has 23 heavy (non-hydrogen) atoms. The first kappa shape index (κ1) is 15.6. The zero-order valence-corrected chi connectivity index (χ0v) is 14.2. The summed E-state index contributed by atoms with van der Waals surface area (Å²) in [6.07, 6.45) is 0. The maximum absolute atomic E-state index is 5.65. The highest BCUT2D eigenvalue weighted by Gasteiger charge is 2.23. The molecule has 0 bridgehead atoms. The van der Waals surface area contributed by atoms with Gasteiger partial charge < -0.3 is 9.47 Å². The topological polar surface area (TPSA) is 18.5 Å². The molecule has 0 saturated heterocycles. The first-order valence-corrected chi connectivity index (χ1v) is 8.80. The second kappa shape index (κ2) is 7.30. The molecular weight excluding hydrogens is 303 g/mol. The lowest BCUT2D eigenvalue weighted by molar-refractivity contribution is 0.401. The van der Waals surface area contributed by atoms with Crippen LogP contribution in [0.5, 0.6) is 11.5 Å². The van der Waals surface area contributed by atoms with E-state index < -0.39 is 7.92 Å². The molecular formula is C20H19O2P. The van der Waals surface area contributed by atoms with Gasteiger partial charge in [0.05, 0.1) is 19.5 Å². The average Bonchev–Trinajstić information content (AvgIpc) is 2.64. The summed E-state index contributed by atoms with van der Waals surface area (Å²) in [5, 5.41) is 3.66. The smallest absolute Gasteiger partial charge is 0.130 e. The first-order valence-electron chi connectivity index (χ1n) is 7.46. The normalized spacial score (nSPS) is 10.6. The lowest BCUT2D eigenvalue weighted by Crippen LogP contribution is -2.23. The van der Waals surface area contributed by atoms with Crippen molar-refractivity contribution in [2.45, 2.75) is 0 Å². The van der Waals surface area contributed by atoms with E-state index in [9.17, 15) is 0 Å². The van der Waals surface area contributed by atoms with Crippen LogP contribution in [-0.2, 0) is 0 Å². The van der Waals surface area contributed by atoms with Crippen LogP contribution in [0.1, 0.15) is 0 Å². The Morgan fingerprint density at radius 1 is 0.565 bits per heavy atom. The summed E-state index contributed by atoms with van der Waals surface area (Å²) in [5.74, 6) is 1.73. The van der Waals surface area contributed by atoms with Crippen molar-refractivity contribution in [2.75, 3.05) is 14.2 Å². The van der Waals surface area contributed by atoms with Crippen molar-refractivity contribution in [1.29, 1.82) is 0 Å². The van der Waals surface area contributed by atoms with Gasteiger partial charge >= 0.3 is 0 Å². The quantitative estimate of drug-likeness (QED) is 0.670. The van der Waals surface area contributed by atoms with Crippen LogP contribution in [0.2, 0.25) is 0 Å². The number of methoxy groups -OCH3 is 2. The van der Waals surface area contributed by atoms with E-state index >= 15 is 0 Å². The zero-order chi connectivity index (χ0) is 16.1. The van der Waals surface area contributed by atoms with Gasteiger partial charge in [0.1, 0.15) is 11.5 Å². The summed E-state index contributed by atoms with van der Waals surface area (Å²) in [7, 11) is 2.67. The Hall–Kier alpha value is -2.31. The minimum atomic E-state index is -0.749. The standard InChI is InChI=1S/C20H19O2P/c1-21-18-14-9-15-19(22-2)20(18)23(16-10-5-3-6-11-16)17-12-7-4-8-13-17/h3-15H,1-2H3. The Kier molecular flexibility index (Phi) is 4.95. The summed E-state index contributed by atoms with van der Waals surface area (Å²) in [6, 6.07) is 27.0. The minimum Gasteiger partial charge on any atom is -0.496 e. The minimum absolute atomic E-state index is 0.749. The van der Waals surface area contributed by atoms with Crippen LogP contribution >= 0.6 is 7.92 Å². The largest absolute Gasteiger partial charge is 0.496 e. The molecule has 0 aromatic heterocycles. The molecule has 3 rings (SSSR count). The fourth-order valence-electron chi connectivity index (χ4n) is 2.61. The predicted octanol–water partition coefficient (Wildman–Crippen LogP) is 3.46. The molecule has 0 aliphatic heterocycles. The van der Waals surface area contributed by atoms with Gasteiger partial charge in [0, 0.05) is 0 Å². The third-order valence-electron chi connectivity index (χ3n) is 3.65. The van der Waals surface area contributed by atoms with Crippen molar-refractivity contribution in [3.63, 3.8) is 0 Å². The number of benzene rings is 3. The molecule has 0 saturated carbocycles. The van der Waals surface area contributed by atoms with Gasteiger partial charge in [0.25, 0.3) is 0 Å². The van der Waals surface area contributed by atoms with Crippen molar-refractivity contribution in [3.8, 4) is 11.5 Å². The summed E-state index contributed by atoms with van der Waals surface area (Å²) in [6.45, 7) is 0. The van der Waals surface area contributed by atoms with Crippen molar-refractivity contribution < 1.29 is 9.47 Å². The van der Waals surface area contributed by atoms with E-state index in [2.05, 4.69) is 48.5 Å². The maximum atomic E-state index is 5.65. The van der Waals surface area contributed by atoms with E-state index in [0.717, 1.165) is 16.8 Å². The molecule has 0 unspecified atom stereocenters. The molecule has 0 fully saturated rings. The van der Waals surface area contributed by atoms with Crippen molar-refractivity contribution >= 4 is 23.8 Å². The van der Waals surface area contributed by atoms with Crippen molar-refractivity contribution in [2.24, 2.45) is 0 Å². The molecule has 0 radical (unpaired) electrons. The van der Waals surface area contributed by atoms with Gasteiger partial charge in [-0.05, 0) is 30.7 Å². The van der Waals surface area contributed by atoms with Gasteiger partial charge in [0.2, 0.25) is 0 Å². The Morgan fingerprint density at radius 2 is 1.00 bits per heavy atom. The molecule has 0 amide bonds. The third-order valence-corrected chi connectivity index (χ3v) is 6.17. The van der Waals surface area contributed by atoms with Crippen LogP contribution in [0.15, 0.2) is 78.9 Å². The van der Waals surface area contributed by atoms with Gasteiger partial charge in [-0.3, -0.25) is 0 Å². The molecule has 3 heteroatoms. The molecule has 0 atom stereocenters. The molecule has 0 aliphatic rings. The monoisotopic (exact) mass is 322 g/mol. The second-order valence-electron chi connectivity index (χ2n) is 5.02. The highest BCUT2D eigenvalue weighted by atomic mass is 31.1. The molecule has 116 valence electrons. The summed E-state index contributed by atoms with van der Waals surface area (Å²) in [4.78, 5) is 0. The van der Waals surface area contributed by atoms with E-state index in [1.807, 2.05) is 30.3 Å². The molecule has 0 N–H and O–H groups in total.